The fraction of sp³-hybridized carbons (Fsp3) is 0.464. The molecule has 2 aliphatic heterocycles. The molecule has 1 saturated heterocycles. The minimum Gasteiger partial charge on any atom is -0.322 e. The zero-order chi connectivity index (χ0) is 23.5. The normalized spacial score (nSPS) is 24.8. The van der Waals surface area contributed by atoms with Crippen LogP contribution in [0.4, 0.5) is 0 Å². The highest BCUT2D eigenvalue weighted by Crippen LogP contribution is 2.31. The number of nitrogens with one attached hydrogen (secondary N) is 2. The summed E-state index contributed by atoms with van der Waals surface area (Å²) in [6.07, 6.45) is 7.71. The molecule has 6 heteroatoms. The molecule has 0 aromatic heterocycles. The van der Waals surface area contributed by atoms with Gasteiger partial charge in [0.15, 0.2) is 0 Å². The van der Waals surface area contributed by atoms with Gasteiger partial charge in [0.2, 0.25) is 11.8 Å². The van der Waals surface area contributed by atoms with Crippen LogP contribution in [0.1, 0.15) is 65.6 Å². The number of carbonyl (C=O) groups is 3. The summed E-state index contributed by atoms with van der Waals surface area (Å²) in [6.45, 7) is 1.43. The van der Waals surface area contributed by atoms with E-state index in [1.807, 2.05) is 6.07 Å². The number of nitrogens with zero attached hydrogens (tertiary/aromatic N) is 1. The SMILES string of the molecule is O=C1CCC(N2Cc3cc(C[C@H]4CCCC[C@@H]4NCCc4ccccc4)ccc3C2=O)C(=O)N1. The average Bonchev–Trinajstić information content (AvgIpc) is 3.16. The van der Waals surface area contributed by atoms with Gasteiger partial charge in [-0.1, -0.05) is 55.3 Å². The van der Waals surface area contributed by atoms with Gasteiger partial charge in [0.25, 0.3) is 5.91 Å². The third kappa shape index (κ3) is 4.92. The number of imide groups is 1. The molecule has 2 fully saturated rings. The summed E-state index contributed by atoms with van der Waals surface area (Å²) in [5, 5.41) is 6.20. The Morgan fingerprint density at radius 1 is 0.941 bits per heavy atom. The third-order valence-corrected chi connectivity index (χ3v) is 7.66. The molecule has 1 aliphatic carbocycles. The second-order valence-electron chi connectivity index (χ2n) is 9.94. The quantitative estimate of drug-likeness (QED) is 0.623. The lowest BCUT2D eigenvalue weighted by Crippen LogP contribution is -2.52. The highest BCUT2D eigenvalue weighted by atomic mass is 16.2. The van der Waals surface area contributed by atoms with Crippen molar-refractivity contribution in [2.75, 3.05) is 6.54 Å². The number of fused-ring (bicyclic) bond motifs is 1. The summed E-state index contributed by atoms with van der Waals surface area (Å²) in [5.41, 5.74) is 4.32. The number of carbonyl (C=O) groups excluding carboxylic acids is 3. The summed E-state index contributed by atoms with van der Waals surface area (Å²) in [4.78, 5) is 38.4. The molecule has 178 valence electrons. The summed E-state index contributed by atoms with van der Waals surface area (Å²) in [6, 6.07) is 16.8. The number of benzene rings is 2. The minimum atomic E-state index is -0.558. The van der Waals surface area contributed by atoms with Crippen LogP contribution in [0.2, 0.25) is 0 Å². The standard InChI is InChI=1S/C28H33N3O3/c32-26-13-12-25(27(33)30-26)31-18-22-17-20(10-11-23(22)28(31)34)16-21-8-4-5-9-24(21)29-15-14-19-6-2-1-3-7-19/h1-3,6-7,10-11,17,21,24-25,29H,4-5,8-9,12-16,18H2,(H,30,32,33)/t21-,24+,25?/m1/s1. The van der Waals surface area contributed by atoms with Gasteiger partial charge in [-0.2, -0.15) is 0 Å². The number of hydrogen-bond donors (Lipinski definition) is 2. The van der Waals surface area contributed by atoms with Gasteiger partial charge in [0.05, 0.1) is 0 Å². The molecule has 2 aromatic carbocycles. The maximum atomic E-state index is 13.0. The zero-order valence-electron chi connectivity index (χ0n) is 19.6. The number of rotatable bonds is 7. The molecule has 3 atom stereocenters. The van der Waals surface area contributed by atoms with E-state index < -0.39 is 6.04 Å². The van der Waals surface area contributed by atoms with Crippen molar-refractivity contribution in [3.05, 3.63) is 70.8 Å². The van der Waals surface area contributed by atoms with Crippen molar-refractivity contribution in [1.82, 2.24) is 15.5 Å². The van der Waals surface area contributed by atoms with Crippen molar-refractivity contribution in [2.24, 2.45) is 5.92 Å². The monoisotopic (exact) mass is 459 g/mol. The highest BCUT2D eigenvalue weighted by molar-refractivity contribution is 6.05. The first-order chi connectivity index (χ1) is 16.6. The molecule has 3 aliphatic rings. The molecule has 5 rings (SSSR count). The predicted octanol–water partition coefficient (Wildman–Crippen LogP) is 3.38. The largest absolute Gasteiger partial charge is 0.322 e. The lowest BCUT2D eigenvalue weighted by atomic mass is 9.80. The van der Waals surface area contributed by atoms with Crippen molar-refractivity contribution < 1.29 is 14.4 Å². The third-order valence-electron chi connectivity index (χ3n) is 7.66. The maximum Gasteiger partial charge on any atom is 0.255 e. The first-order valence-electron chi connectivity index (χ1n) is 12.6. The van der Waals surface area contributed by atoms with E-state index in [-0.39, 0.29) is 24.1 Å². The van der Waals surface area contributed by atoms with Gasteiger partial charge in [-0.3, -0.25) is 19.7 Å². The van der Waals surface area contributed by atoms with Crippen molar-refractivity contribution >= 4 is 17.7 Å². The lowest BCUT2D eigenvalue weighted by Gasteiger charge is -2.32. The lowest BCUT2D eigenvalue weighted by molar-refractivity contribution is -0.136. The van der Waals surface area contributed by atoms with Gasteiger partial charge < -0.3 is 10.2 Å². The van der Waals surface area contributed by atoms with Gasteiger partial charge in [-0.25, -0.2) is 0 Å². The predicted molar refractivity (Wildman–Crippen MR) is 130 cm³/mol. The van der Waals surface area contributed by atoms with E-state index in [9.17, 15) is 14.4 Å². The van der Waals surface area contributed by atoms with E-state index in [0.29, 0.717) is 30.5 Å². The minimum absolute atomic E-state index is 0.103. The first-order valence-corrected chi connectivity index (χ1v) is 12.6. The van der Waals surface area contributed by atoms with E-state index in [1.54, 1.807) is 4.90 Å². The zero-order valence-corrected chi connectivity index (χ0v) is 19.6. The van der Waals surface area contributed by atoms with Crippen LogP contribution < -0.4 is 10.6 Å². The molecule has 0 radical (unpaired) electrons. The van der Waals surface area contributed by atoms with Crippen LogP contribution in [-0.4, -0.2) is 41.2 Å². The summed E-state index contributed by atoms with van der Waals surface area (Å²) in [7, 11) is 0. The number of hydrogen-bond acceptors (Lipinski definition) is 4. The Morgan fingerprint density at radius 2 is 1.76 bits per heavy atom. The van der Waals surface area contributed by atoms with E-state index in [0.717, 1.165) is 24.9 Å². The number of piperidine rings is 1. The van der Waals surface area contributed by atoms with E-state index >= 15 is 0 Å². The second kappa shape index (κ2) is 10.1. The molecule has 1 unspecified atom stereocenters. The van der Waals surface area contributed by atoms with Crippen LogP contribution in [0.3, 0.4) is 0 Å². The highest BCUT2D eigenvalue weighted by Gasteiger charge is 2.39. The van der Waals surface area contributed by atoms with Crippen LogP contribution in [-0.2, 0) is 29.0 Å². The Bertz CT molecular complexity index is 1070. The maximum absolute atomic E-state index is 13.0. The molecular weight excluding hydrogens is 426 g/mol. The number of amides is 3. The summed E-state index contributed by atoms with van der Waals surface area (Å²) >= 11 is 0. The van der Waals surface area contributed by atoms with Gasteiger partial charge in [0.1, 0.15) is 6.04 Å². The Labute approximate surface area is 201 Å². The Morgan fingerprint density at radius 3 is 2.59 bits per heavy atom. The fourth-order valence-corrected chi connectivity index (χ4v) is 5.82. The average molecular weight is 460 g/mol. The van der Waals surface area contributed by atoms with E-state index in [1.165, 1.54) is 36.8 Å². The van der Waals surface area contributed by atoms with E-state index in [4.69, 9.17) is 0 Å². The molecule has 34 heavy (non-hydrogen) atoms. The molecule has 0 spiro atoms. The second-order valence-corrected chi connectivity index (χ2v) is 9.94. The molecule has 3 amide bonds. The van der Waals surface area contributed by atoms with Gasteiger partial charge in [-0.15, -0.1) is 0 Å². The van der Waals surface area contributed by atoms with Crippen LogP contribution in [0, 0.1) is 5.92 Å². The van der Waals surface area contributed by atoms with Crippen molar-refractivity contribution in [3.63, 3.8) is 0 Å². The smallest absolute Gasteiger partial charge is 0.255 e. The molecule has 2 heterocycles. The summed E-state index contributed by atoms with van der Waals surface area (Å²) < 4.78 is 0. The van der Waals surface area contributed by atoms with Crippen LogP contribution in [0.15, 0.2) is 48.5 Å². The van der Waals surface area contributed by atoms with Gasteiger partial charge >= 0.3 is 0 Å². The van der Waals surface area contributed by atoms with Crippen molar-refractivity contribution in [3.8, 4) is 0 Å². The van der Waals surface area contributed by atoms with Crippen LogP contribution in [0.5, 0.6) is 0 Å². The van der Waals surface area contributed by atoms with E-state index in [2.05, 4.69) is 53.1 Å². The molecule has 2 aromatic rings. The van der Waals surface area contributed by atoms with Gasteiger partial charge in [0, 0.05) is 24.6 Å². The molecule has 0 bridgehead atoms. The molecule has 1 saturated carbocycles. The molecule has 2 N–H and O–H groups in total. The summed E-state index contributed by atoms with van der Waals surface area (Å²) in [5.74, 6) is -0.128. The van der Waals surface area contributed by atoms with Crippen LogP contribution >= 0.6 is 0 Å². The van der Waals surface area contributed by atoms with Gasteiger partial charge in [-0.05, 0) is 67.3 Å². The topological polar surface area (TPSA) is 78.5 Å². The fourth-order valence-electron chi connectivity index (χ4n) is 5.82. The van der Waals surface area contributed by atoms with Crippen molar-refractivity contribution in [2.45, 2.75) is 70.0 Å². The first kappa shape index (κ1) is 22.8. The Kier molecular flexibility index (Phi) is 6.77. The van der Waals surface area contributed by atoms with Crippen LogP contribution in [0.25, 0.3) is 0 Å². The molecule has 6 nitrogen and oxygen atoms in total. The molecular formula is C28H33N3O3. The van der Waals surface area contributed by atoms with Crippen molar-refractivity contribution in [1.29, 1.82) is 0 Å². The Balaban J connectivity index is 1.22. The Hall–Kier alpha value is -2.99.